The Labute approximate surface area is 88.5 Å². The van der Waals surface area contributed by atoms with Crippen molar-refractivity contribution >= 4 is 12.0 Å². The second kappa shape index (κ2) is 5.14. The molecule has 0 fully saturated rings. The van der Waals surface area contributed by atoms with Crippen molar-refractivity contribution in [2.24, 2.45) is 0 Å². The Hall–Kier alpha value is -1.84. The van der Waals surface area contributed by atoms with E-state index in [-0.39, 0.29) is 12.5 Å². The van der Waals surface area contributed by atoms with Gasteiger partial charge in [0.05, 0.1) is 0 Å². The first-order valence-corrected chi connectivity index (χ1v) is 4.56. The van der Waals surface area contributed by atoms with Crippen LogP contribution < -0.4 is 0 Å². The van der Waals surface area contributed by atoms with Gasteiger partial charge in [0, 0.05) is 14.0 Å². The average molecular weight is 207 g/mol. The van der Waals surface area contributed by atoms with Gasteiger partial charge in [0.2, 0.25) is 5.91 Å². The molecular weight excluding hydrogens is 194 g/mol. The predicted molar refractivity (Wildman–Crippen MR) is 55.1 cm³/mol. The third kappa shape index (κ3) is 3.42. The molecule has 15 heavy (non-hydrogen) atoms. The molecule has 80 valence electrons. The molecule has 0 aliphatic carbocycles. The summed E-state index contributed by atoms with van der Waals surface area (Å²) in [4.78, 5) is 23.0. The van der Waals surface area contributed by atoms with Crippen LogP contribution >= 0.6 is 0 Å². The van der Waals surface area contributed by atoms with Crippen LogP contribution in [0.4, 0.5) is 4.79 Å². The number of ether oxygens (including phenoxy) is 1. The number of carbonyl (C=O) groups is 2. The van der Waals surface area contributed by atoms with Crippen LogP contribution in [0.3, 0.4) is 0 Å². The quantitative estimate of drug-likeness (QED) is 0.742. The van der Waals surface area contributed by atoms with Gasteiger partial charge in [-0.1, -0.05) is 30.3 Å². The first-order valence-electron chi connectivity index (χ1n) is 4.56. The molecule has 0 aromatic heterocycles. The van der Waals surface area contributed by atoms with Crippen LogP contribution in [0.2, 0.25) is 0 Å². The van der Waals surface area contributed by atoms with Gasteiger partial charge < -0.3 is 4.74 Å². The minimum atomic E-state index is -0.633. The zero-order chi connectivity index (χ0) is 11.3. The van der Waals surface area contributed by atoms with Crippen LogP contribution in [0.5, 0.6) is 0 Å². The van der Waals surface area contributed by atoms with Crippen molar-refractivity contribution in [1.29, 1.82) is 0 Å². The Kier molecular flexibility index (Phi) is 3.85. The van der Waals surface area contributed by atoms with Gasteiger partial charge in [-0.05, 0) is 5.56 Å². The molecule has 0 aliphatic heterocycles. The molecule has 0 spiro atoms. The van der Waals surface area contributed by atoms with Gasteiger partial charge in [0.1, 0.15) is 6.61 Å². The lowest BCUT2D eigenvalue weighted by Crippen LogP contribution is -2.31. The molecule has 1 rings (SSSR count). The minimum Gasteiger partial charge on any atom is -0.444 e. The zero-order valence-electron chi connectivity index (χ0n) is 8.77. The summed E-state index contributed by atoms with van der Waals surface area (Å²) in [5.74, 6) is -0.340. The second-order valence-electron chi connectivity index (χ2n) is 3.12. The highest BCUT2D eigenvalue weighted by atomic mass is 16.6. The molecule has 4 nitrogen and oxygen atoms in total. The summed E-state index contributed by atoms with van der Waals surface area (Å²) in [5.41, 5.74) is 0.891. The molecule has 0 saturated heterocycles. The van der Waals surface area contributed by atoms with Crippen LogP contribution in [-0.4, -0.2) is 23.9 Å². The largest absolute Gasteiger partial charge is 0.444 e. The minimum absolute atomic E-state index is 0.178. The average Bonchev–Trinajstić information content (AvgIpc) is 2.26. The maximum atomic E-state index is 11.2. The van der Waals surface area contributed by atoms with Crippen molar-refractivity contribution in [3.63, 3.8) is 0 Å². The Morgan fingerprint density at radius 1 is 1.27 bits per heavy atom. The first-order chi connectivity index (χ1) is 7.11. The number of hydrogen-bond donors (Lipinski definition) is 0. The number of carbonyl (C=O) groups excluding carboxylic acids is 2. The monoisotopic (exact) mass is 207 g/mol. The molecule has 1 aromatic carbocycles. The van der Waals surface area contributed by atoms with Gasteiger partial charge in [-0.15, -0.1) is 0 Å². The number of nitrogens with zero attached hydrogens (tertiary/aromatic N) is 1. The Morgan fingerprint density at radius 3 is 2.40 bits per heavy atom. The van der Waals surface area contributed by atoms with Crippen LogP contribution in [0.1, 0.15) is 12.5 Å². The van der Waals surface area contributed by atoms with Crippen LogP contribution in [-0.2, 0) is 16.1 Å². The Morgan fingerprint density at radius 2 is 1.87 bits per heavy atom. The topological polar surface area (TPSA) is 46.6 Å². The van der Waals surface area contributed by atoms with E-state index in [1.807, 2.05) is 30.3 Å². The van der Waals surface area contributed by atoms with Crippen LogP contribution in [0, 0.1) is 0 Å². The third-order valence-corrected chi connectivity index (χ3v) is 1.95. The van der Waals surface area contributed by atoms with Crippen molar-refractivity contribution in [3.05, 3.63) is 35.9 Å². The number of imide groups is 1. The van der Waals surface area contributed by atoms with Gasteiger partial charge in [-0.3, -0.25) is 9.69 Å². The van der Waals surface area contributed by atoms with Crippen LogP contribution in [0.25, 0.3) is 0 Å². The van der Waals surface area contributed by atoms with E-state index >= 15 is 0 Å². The number of rotatable bonds is 2. The van der Waals surface area contributed by atoms with Crippen molar-refractivity contribution in [2.75, 3.05) is 7.05 Å². The normalized spacial score (nSPS) is 9.47. The molecule has 0 bridgehead atoms. The van der Waals surface area contributed by atoms with Crippen molar-refractivity contribution in [1.82, 2.24) is 4.90 Å². The Balaban J connectivity index is 2.44. The summed E-state index contributed by atoms with van der Waals surface area (Å²) in [7, 11) is 1.38. The molecular formula is C11H13NO3. The maximum Gasteiger partial charge on any atom is 0.416 e. The van der Waals surface area contributed by atoms with E-state index in [1.165, 1.54) is 14.0 Å². The van der Waals surface area contributed by atoms with Gasteiger partial charge in [0.15, 0.2) is 0 Å². The second-order valence-corrected chi connectivity index (χ2v) is 3.12. The molecule has 1 aromatic rings. The van der Waals surface area contributed by atoms with Crippen molar-refractivity contribution < 1.29 is 14.3 Å². The first kappa shape index (κ1) is 11.2. The summed E-state index contributed by atoms with van der Waals surface area (Å²) in [6, 6.07) is 9.30. The summed E-state index contributed by atoms with van der Waals surface area (Å²) >= 11 is 0. The SMILES string of the molecule is CC(=O)N(C)C(=O)OCc1ccccc1. The van der Waals surface area contributed by atoms with Crippen LogP contribution in [0.15, 0.2) is 30.3 Å². The van der Waals surface area contributed by atoms with E-state index in [2.05, 4.69) is 0 Å². The fraction of sp³-hybridized carbons (Fsp3) is 0.273. The summed E-state index contributed by atoms with van der Waals surface area (Å²) in [5, 5.41) is 0. The predicted octanol–water partition coefficient (Wildman–Crippen LogP) is 1.80. The van der Waals surface area contributed by atoms with Gasteiger partial charge >= 0.3 is 6.09 Å². The molecule has 0 atom stereocenters. The Bertz CT molecular complexity index is 348. The van der Waals surface area contributed by atoms with Crippen molar-refractivity contribution in [2.45, 2.75) is 13.5 Å². The fourth-order valence-electron chi connectivity index (χ4n) is 0.945. The molecule has 0 aliphatic rings. The van der Waals surface area contributed by atoms with Gasteiger partial charge in [-0.2, -0.15) is 0 Å². The lowest BCUT2D eigenvalue weighted by Gasteiger charge is -2.12. The van der Waals surface area contributed by atoms with E-state index in [0.29, 0.717) is 0 Å². The highest BCUT2D eigenvalue weighted by molar-refractivity contribution is 5.89. The molecule has 4 heteroatoms. The number of amides is 2. The zero-order valence-corrected chi connectivity index (χ0v) is 8.77. The fourth-order valence-corrected chi connectivity index (χ4v) is 0.945. The summed E-state index contributed by atoms with van der Waals surface area (Å²) in [6.07, 6.45) is -0.633. The lowest BCUT2D eigenvalue weighted by molar-refractivity contribution is -0.126. The third-order valence-electron chi connectivity index (χ3n) is 1.95. The van der Waals surface area contributed by atoms with E-state index in [0.717, 1.165) is 10.5 Å². The standard InChI is InChI=1S/C11H13NO3/c1-9(13)12(2)11(14)15-8-10-6-4-3-5-7-10/h3-7H,8H2,1-2H3. The molecule has 0 N–H and O–H groups in total. The molecule has 0 unspecified atom stereocenters. The van der Waals surface area contributed by atoms with Gasteiger partial charge in [0.25, 0.3) is 0 Å². The number of benzene rings is 1. The highest BCUT2D eigenvalue weighted by Gasteiger charge is 2.13. The maximum absolute atomic E-state index is 11.2. The van der Waals surface area contributed by atoms with Gasteiger partial charge in [-0.25, -0.2) is 4.79 Å². The summed E-state index contributed by atoms with van der Waals surface area (Å²) in [6.45, 7) is 1.49. The van der Waals surface area contributed by atoms with E-state index < -0.39 is 6.09 Å². The van der Waals surface area contributed by atoms with E-state index in [4.69, 9.17) is 4.74 Å². The lowest BCUT2D eigenvalue weighted by atomic mass is 10.2. The van der Waals surface area contributed by atoms with E-state index in [1.54, 1.807) is 0 Å². The molecule has 0 radical (unpaired) electrons. The molecule has 0 saturated carbocycles. The van der Waals surface area contributed by atoms with Crippen molar-refractivity contribution in [3.8, 4) is 0 Å². The number of hydrogen-bond acceptors (Lipinski definition) is 3. The molecule has 2 amide bonds. The summed E-state index contributed by atoms with van der Waals surface area (Å²) < 4.78 is 4.92. The highest BCUT2D eigenvalue weighted by Crippen LogP contribution is 2.02. The van der Waals surface area contributed by atoms with E-state index in [9.17, 15) is 9.59 Å². The molecule has 0 heterocycles. The smallest absolute Gasteiger partial charge is 0.416 e.